The van der Waals surface area contributed by atoms with E-state index >= 15 is 0 Å². The van der Waals surface area contributed by atoms with Crippen LogP contribution < -0.4 is 10.5 Å². The minimum Gasteiger partial charge on any atom is -0.390 e. The maximum Gasteiger partial charge on any atom is 0.240 e. The van der Waals surface area contributed by atoms with Crippen LogP contribution in [0.4, 0.5) is 5.82 Å². The number of H-pyrrole nitrogens is 1. The van der Waals surface area contributed by atoms with Crippen LogP contribution in [0.25, 0.3) is 22.0 Å². The van der Waals surface area contributed by atoms with Gasteiger partial charge in [0.25, 0.3) is 0 Å². The zero-order valence-corrected chi connectivity index (χ0v) is 16.9. The second-order valence-corrected chi connectivity index (χ2v) is 9.68. The van der Waals surface area contributed by atoms with Crippen LogP contribution in [0, 0.1) is 13.8 Å². The summed E-state index contributed by atoms with van der Waals surface area (Å²) in [7, 11) is -3.63. The number of fused-ring (bicyclic) bond motifs is 1. The summed E-state index contributed by atoms with van der Waals surface area (Å²) in [6.45, 7) is 5.59. The van der Waals surface area contributed by atoms with Crippen LogP contribution in [0.2, 0.25) is 0 Å². The van der Waals surface area contributed by atoms with Gasteiger partial charge in [0, 0.05) is 11.4 Å². The predicted molar refractivity (Wildman–Crippen MR) is 109 cm³/mol. The maximum atomic E-state index is 12.7. The Hall–Kier alpha value is -2.42. The van der Waals surface area contributed by atoms with Crippen molar-refractivity contribution in [1.82, 2.24) is 14.9 Å². The lowest BCUT2D eigenvalue weighted by molar-refractivity contribution is -0.0329. The molecule has 0 unspecified atom stereocenters. The Balaban J connectivity index is 1.67. The number of nitrogens with zero attached hydrogens (tertiary/aromatic N) is 1. The van der Waals surface area contributed by atoms with Gasteiger partial charge in [-0.05, 0) is 74.1 Å². The molecular formula is C20H24N4O3S. The fourth-order valence-corrected chi connectivity index (χ4v) is 5.40. The minimum absolute atomic E-state index is 0.224. The van der Waals surface area contributed by atoms with Crippen molar-refractivity contribution in [3.05, 3.63) is 41.5 Å². The van der Waals surface area contributed by atoms with Gasteiger partial charge in [-0.3, -0.25) is 5.10 Å². The fraction of sp³-hybridized carbons (Fsp3) is 0.350. The first-order chi connectivity index (χ1) is 13.1. The van der Waals surface area contributed by atoms with Crippen LogP contribution in [-0.4, -0.2) is 35.4 Å². The van der Waals surface area contributed by atoms with Crippen molar-refractivity contribution in [2.24, 2.45) is 0 Å². The number of aliphatic hydroxyl groups is 1. The third-order valence-corrected chi connectivity index (χ3v) is 7.03. The molecule has 0 atom stereocenters. The van der Waals surface area contributed by atoms with Gasteiger partial charge in [-0.15, -0.1) is 0 Å². The van der Waals surface area contributed by atoms with Crippen molar-refractivity contribution in [1.29, 1.82) is 0 Å². The van der Waals surface area contributed by atoms with Gasteiger partial charge in [0.05, 0.1) is 16.0 Å². The highest BCUT2D eigenvalue weighted by Crippen LogP contribution is 2.35. The fourth-order valence-electron chi connectivity index (χ4n) is 4.08. The van der Waals surface area contributed by atoms with E-state index in [1.54, 1.807) is 19.1 Å². The smallest absolute Gasteiger partial charge is 0.240 e. The molecule has 0 aliphatic heterocycles. The molecule has 0 radical (unpaired) electrons. The molecule has 28 heavy (non-hydrogen) atoms. The van der Waals surface area contributed by atoms with E-state index in [0.29, 0.717) is 18.7 Å². The number of hydrogen-bond donors (Lipinski definition) is 4. The maximum absolute atomic E-state index is 12.7. The number of nitrogen functional groups attached to an aromatic ring is 1. The first-order valence-corrected chi connectivity index (χ1v) is 10.6. The average molecular weight is 401 g/mol. The number of nitrogens with two attached hydrogens (primary N) is 1. The zero-order valence-electron chi connectivity index (χ0n) is 16.1. The number of benzene rings is 2. The quantitative estimate of drug-likeness (QED) is 0.536. The molecule has 0 spiro atoms. The molecule has 5 N–H and O–H groups in total. The predicted octanol–water partition coefficient (Wildman–Crippen LogP) is 2.62. The largest absolute Gasteiger partial charge is 0.390 e. The van der Waals surface area contributed by atoms with E-state index in [0.717, 1.165) is 33.2 Å². The Labute approximate surface area is 164 Å². The van der Waals surface area contributed by atoms with Crippen LogP contribution in [0.15, 0.2) is 35.2 Å². The van der Waals surface area contributed by atoms with Crippen LogP contribution in [0.1, 0.15) is 30.9 Å². The van der Waals surface area contributed by atoms with Crippen molar-refractivity contribution in [3.8, 4) is 11.1 Å². The lowest BCUT2D eigenvalue weighted by Crippen LogP contribution is -2.53. The Morgan fingerprint density at radius 2 is 1.89 bits per heavy atom. The highest BCUT2D eigenvalue weighted by molar-refractivity contribution is 7.89. The zero-order chi connectivity index (χ0) is 20.3. The van der Waals surface area contributed by atoms with Gasteiger partial charge in [0.1, 0.15) is 0 Å². The lowest BCUT2D eigenvalue weighted by atomic mass is 9.78. The number of aromatic amines is 1. The Bertz CT molecular complexity index is 1170. The number of aromatic nitrogens is 2. The molecule has 1 heterocycles. The van der Waals surface area contributed by atoms with E-state index in [1.807, 2.05) is 32.0 Å². The van der Waals surface area contributed by atoms with Crippen molar-refractivity contribution in [2.45, 2.75) is 50.2 Å². The van der Waals surface area contributed by atoms with Gasteiger partial charge in [-0.25, -0.2) is 13.1 Å². The average Bonchev–Trinajstić information content (AvgIpc) is 2.95. The molecule has 2 aromatic carbocycles. The summed E-state index contributed by atoms with van der Waals surface area (Å²) in [6, 6.07) is 8.80. The lowest BCUT2D eigenvalue weighted by Gasteiger charge is -2.40. The minimum atomic E-state index is -3.63. The van der Waals surface area contributed by atoms with Crippen molar-refractivity contribution in [3.63, 3.8) is 0 Å². The van der Waals surface area contributed by atoms with Gasteiger partial charge in [-0.1, -0.05) is 12.1 Å². The molecular weight excluding hydrogens is 376 g/mol. The monoisotopic (exact) mass is 400 g/mol. The Kier molecular flexibility index (Phi) is 4.26. The van der Waals surface area contributed by atoms with E-state index in [2.05, 4.69) is 14.9 Å². The molecule has 0 amide bonds. The SMILES string of the molecule is Cc1cc(S(=O)(=O)N[C@H]2C[C@@](C)(O)C2)ccc1-c1ccc2[nH]nc(N)c2c1C. The molecule has 0 bridgehead atoms. The van der Waals surface area contributed by atoms with Crippen LogP contribution in [-0.2, 0) is 10.0 Å². The molecule has 1 aliphatic carbocycles. The van der Waals surface area contributed by atoms with Crippen LogP contribution in [0.3, 0.4) is 0 Å². The van der Waals surface area contributed by atoms with Gasteiger partial charge >= 0.3 is 0 Å². The van der Waals surface area contributed by atoms with Crippen molar-refractivity contribution in [2.75, 3.05) is 5.73 Å². The second-order valence-electron chi connectivity index (χ2n) is 7.97. The van der Waals surface area contributed by atoms with E-state index in [4.69, 9.17) is 5.73 Å². The number of aryl methyl sites for hydroxylation is 2. The molecule has 8 heteroatoms. The molecule has 7 nitrogen and oxygen atoms in total. The third-order valence-electron chi connectivity index (χ3n) is 5.51. The highest BCUT2D eigenvalue weighted by Gasteiger charge is 2.40. The third kappa shape index (κ3) is 3.17. The normalized spacial score (nSPS) is 22.4. The molecule has 4 rings (SSSR count). The summed E-state index contributed by atoms with van der Waals surface area (Å²) in [5.41, 5.74) is 9.86. The first kappa shape index (κ1) is 18.9. The Morgan fingerprint density at radius 1 is 1.21 bits per heavy atom. The Morgan fingerprint density at radius 3 is 2.54 bits per heavy atom. The van der Waals surface area contributed by atoms with Gasteiger partial charge in [-0.2, -0.15) is 5.10 Å². The van der Waals surface area contributed by atoms with Crippen LogP contribution >= 0.6 is 0 Å². The van der Waals surface area contributed by atoms with Crippen molar-refractivity contribution < 1.29 is 13.5 Å². The van der Waals surface area contributed by atoms with Gasteiger partial charge in [0.2, 0.25) is 10.0 Å². The molecule has 1 saturated carbocycles. The summed E-state index contributed by atoms with van der Waals surface area (Å²) < 4.78 is 28.0. The first-order valence-electron chi connectivity index (χ1n) is 9.16. The second kappa shape index (κ2) is 6.30. The summed E-state index contributed by atoms with van der Waals surface area (Å²) in [5.74, 6) is 0.451. The summed E-state index contributed by atoms with van der Waals surface area (Å²) in [5, 5.41) is 17.7. The highest BCUT2D eigenvalue weighted by atomic mass is 32.2. The molecule has 1 aliphatic rings. The molecule has 1 fully saturated rings. The molecule has 148 valence electrons. The van der Waals surface area contributed by atoms with Crippen LogP contribution in [0.5, 0.6) is 0 Å². The number of rotatable bonds is 4. The molecule has 0 saturated heterocycles. The summed E-state index contributed by atoms with van der Waals surface area (Å²) in [4.78, 5) is 0.224. The number of sulfonamides is 1. The summed E-state index contributed by atoms with van der Waals surface area (Å²) >= 11 is 0. The number of nitrogens with one attached hydrogen (secondary N) is 2. The summed E-state index contributed by atoms with van der Waals surface area (Å²) in [6.07, 6.45) is 0.850. The number of hydrogen-bond acceptors (Lipinski definition) is 5. The number of anilines is 1. The van der Waals surface area contributed by atoms with Gasteiger partial charge in [0.15, 0.2) is 5.82 Å². The molecule has 1 aromatic heterocycles. The van der Waals surface area contributed by atoms with Gasteiger partial charge < -0.3 is 10.8 Å². The topological polar surface area (TPSA) is 121 Å². The van der Waals surface area contributed by atoms with E-state index in [-0.39, 0.29) is 10.9 Å². The molecule has 3 aromatic rings. The van der Waals surface area contributed by atoms with Crippen molar-refractivity contribution >= 4 is 26.7 Å². The van der Waals surface area contributed by atoms with E-state index in [9.17, 15) is 13.5 Å². The van der Waals surface area contributed by atoms with E-state index in [1.165, 1.54) is 0 Å². The van der Waals surface area contributed by atoms with E-state index < -0.39 is 15.6 Å². The standard InChI is InChI=1S/C20H24N4O3S/c1-11-8-14(28(26,27)24-13-9-20(3,25)10-13)4-5-15(11)16-6-7-17-18(12(16)2)19(21)23-22-17/h4-8,13,24-25H,9-10H2,1-3H3,(H3,21,22,23)/t13-,20+.